The molecule has 0 aliphatic carbocycles. The number of hydrogen-bond acceptors (Lipinski definition) is 6. The molecular formula is C17H20N6O. The predicted octanol–water partition coefficient (Wildman–Crippen LogP) is 2.00. The van der Waals surface area contributed by atoms with Gasteiger partial charge in [-0.2, -0.15) is 10.1 Å². The molecule has 124 valence electrons. The minimum absolute atomic E-state index is 0.243. The van der Waals surface area contributed by atoms with Crippen LogP contribution in [0.4, 0.5) is 5.95 Å². The molecule has 0 amide bonds. The molecule has 0 bridgehead atoms. The van der Waals surface area contributed by atoms with Crippen LogP contribution < -0.4 is 5.73 Å². The van der Waals surface area contributed by atoms with E-state index in [9.17, 15) is 0 Å². The maximum absolute atomic E-state index is 5.81. The Hall–Kier alpha value is -2.51. The summed E-state index contributed by atoms with van der Waals surface area (Å²) in [6.07, 6.45) is 1.73. The molecule has 24 heavy (non-hydrogen) atoms. The lowest BCUT2D eigenvalue weighted by molar-refractivity contribution is 0.0198. The van der Waals surface area contributed by atoms with Gasteiger partial charge in [0.1, 0.15) is 0 Å². The molecule has 3 heterocycles. The summed E-state index contributed by atoms with van der Waals surface area (Å²) in [5.74, 6) is 0.243. The monoisotopic (exact) mass is 324 g/mol. The van der Waals surface area contributed by atoms with Gasteiger partial charge < -0.3 is 10.5 Å². The summed E-state index contributed by atoms with van der Waals surface area (Å²) in [5.41, 5.74) is 9.56. The molecule has 1 atom stereocenters. The average Bonchev–Trinajstić information content (AvgIpc) is 3.09. The van der Waals surface area contributed by atoms with Crippen molar-refractivity contribution in [2.75, 3.05) is 32.0 Å². The van der Waals surface area contributed by atoms with E-state index in [1.54, 1.807) is 6.20 Å². The summed E-state index contributed by atoms with van der Waals surface area (Å²) in [6.45, 7) is 5.79. The van der Waals surface area contributed by atoms with Crippen LogP contribution in [0.15, 0.2) is 30.5 Å². The number of anilines is 1. The Morgan fingerprint density at radius 1 is 1.17 bits per heavy atom. The molecule has 1 fully saturated rings. The molecule has 3 N–H and O–H groups in total. The fourth-order valence-corrected chi connectivity index (χ4v) is 3.17. The Morgan fingerprint density at radius 2 is 1.92 bits per heavy atom. The smallest absolute Gasteiger partial charge is 0.222 e. The zero-order chi connectivity index (χ0) is 16.5. The normalized spacial score (nSPS) is 17.2. The molecule has 7 heteroatoms. The van der Waals surface area contributed by atoms with Gasteiger partial charge in [-0.25, -0.2) is 4.98 Å². The summed E-state index contributed by atoms with van der Waals surface area (Å²) in [4.78, 5) is 11.0. The van der Waals surface area contributed by atoms with Crippen LogP contribution in [0, 0.1) is 0 Å². The maximum atomic E-state index is 5.81. The van der Waals surface area contributed by atoms with Crippen LogP contribution >= 0.6 is 0 Å². The lowest BCUT2D eigenvalue weighted by Crippen LogP contribution is -2.37. The van der Waals surface area contributed by atoms with Gasteiger partial charge in [0, 0.05) is 24.7 Å². The predicted molar refractivity (Wildman–Crippen MR) is 92.3 cm³/mol. The Morgan fingerprint density at radius 3 is 2.67 bits per heavy atom. The van der Waals surface area contributed by atoms with Crippen molar-refractivity contribution in [3.8, 4) is 11.3 Å². The first-order valence-electron chi connectivity index (χ1n) is 8.11. The number of fused-ring (bicyclic) bond motifs is 1. The zero-order valence-corrected chi connectivity index (χ0v) is 13.6. The van der Waals surface area contributed by atoms with Gasteiger partial charge in [-0.05, 0) is 12.5 Å². The van der Waals surface area contributed by atoms with E-state index in [1.165, 1.54) is 5.56 Å². The summed E-state index contributed by atoms with van der Waals surface area (Å²) in [5, 5.41) is 7.75. The topological polar surface area (TPSA) is 93.0 Å². The first-order chi connectivity index (χ1) is 11.7. The van der Waals surface area contributed by atoms with Gasteiger partial charge in [0.2, 0.25) is 5.95 Å². The fraction of sp³-hybridized carbons (Fsp3) is 0.353. The fourth-order valence-electron chi connectivity index (χ4n) is 3.17. The standard InChI is InChI=1S/C17H20N6O/c1-11(23-6-8-24-9-7-23)12-2-4-13(5-3-12)15-14-10-19-22-16(14)21-17(18)20-15/h2-5,10-11H,6-9H2,1H3,(H3,18,19,20,21,22). The van der Waals surface area contributed by atoms with Gasteiger partial charge in [-0.1, -0.05) is 24.3 Å². The molecule has 2 aromatic heterocycles. The summed E-state index contributed by atoms with van der Waals surface area (Å²) < 4.78 is 5.43. The van der Waals surface area contributed by atoms with Crippen LogP contribution in [0.5, 0.6) is 0 Å². The number of nitrogens with zero attached hydrogens (tertiary/aromatic N) is 4. The van der Waals surface area contributed by atoms with Crippen LogP contribution in [-0.2, 0) is 4.74 Å². The number of H-pyrrole nitrogens is 1. The molecule has 0 saturated carbocycles. The Kier molecular flexibility index (Phi) is 3.87. The second-order valence-electron chi connectivity index (χ2n) is 6.01. The number of benzene rings is 1. The molecule has 1 unspecified atom stereocenters. The van der Waals surface area contributed by atoms with Crippen molar-refractivity contribution in [3.05, 3.63) is 36.0 Å². The molecule has 3 aromatic rings. The highest BCUT2D eigenvalue weighted by atomic mass is 16.5. The number of aromatic nitrogens is 4. The van der Waals surface area contributed by atoms with Crippen LogP contribution in [0.1, 0.15) is 18.5 Å². The summed E-state index contributed by atoms with van der Waals surface area (Å²) >= 11 is 0. The number of nitrogen functional groups attached to an aromatic ring is 1. The Bertz CT molecular complexity index is 838. The molecule has 0 radical (unpaired) electrons. The molecule has 1 saturated heterocycles. The lowest BCUT2D eigenvalue weighted by Gasteiger charge is -2.32. The second kappa shape index (κ2) is 6.18. The zero-order valence-electron chi connectivity index (χ0n) is 13.6. The Labute approximate surface area is 139 Å². The number of morpholine rings is 1. The number of hydrogen-bond donors (Lipinski definition) is 2. The van der Waals surface area contributed by atoms with Crippen LogP contribution in [0.25, 0.3) is 22.3 Å². The Balaban J connectivity index is 1.64. The SMILES string of the molecule is CC(c1ccc(-c2nc(N)nc3[nH]ncc23)cc1)N1CCOCC1. The highest BCUT2D eigenvalue weighted by Gasteiger charge is 2.18. The number of rotatable bonds is 3. The van der Waals surface area contributed by atoms with Crippen molar-refractivity contribution in [1.82, 2.24) is 25.1 Å². The van der Waals surface area contributed by atoms with Crippen LogP contribution in [0.2, 0.25) is 0 Å². The second-order valence-corrected chi connectivity index (χ2v) is 6.01. The van der Waals surface area contributed by atoms with E-state index >= 15 is 0 Å². The van der Waals surface area contributed by atoms with Gasteiger partial charge in [0.05, 0.1) is 30.5 Å². The van der Waals surface area contributed by atoms with Gasteiger partial charge in [0.15, 0.2) is 5.65 Å². The van der Waals surface area contributed by atoms with E-state index in [-0.39, 0.29) is 5.95 Å². The number of nitrogens with two attached hydrogens (primary N) is 1. The van der Waals surface area contributed by atoms with Gasteiger partial charge in [0.25, 0.3) is 0 Å². The van der Waals surface area contributed by atoms with Crippen molar-refractivity contribution in [1.29, 1.82) is 0 Å². The van der Waals surface area contributed by atoms with Crippen molar-refractivity contribution < 1.29 is 4.74 Å². The highest BCUT2D eigenvalue weighted by molar-refractivity contribution is 5.90. The van der Waals surface area contributed by atoms with Crippen molar-refractivity contribution in [2.24, 2.45) is 0 Å². The van der Waals surface area contributed by atoms with Crippen molar-refractivity contribution >= 4 is 17.0 Å². The van der Waals surface area contributed by atoms with Gasteiger partial charge in [-0.3, -0.25) is 10.00 Å². The molecule has 1 aromatic carbocycles. The quantitative estimate of drug-likeness (QED) is 0.765. The number of nitrogens with one attached hydrogen (secondary N) is 1. The van der Waals surface area contributed by atoms with Gasteiger partial charge in [-0.15, -0.1) is 0 Å². The number of ether oxygens (including phenoxy) is 1. The molecule has 7 nitrogen and oxygen atoms in total. The third-order valence-electron chi connectivity index (χ3n) is 4.59. The highest BCUT2D eigenvalue weighted by Crippen LogP contribution is 2.28. The third kappa shape index (κ3) is 2.72. The molecule has 0 spiro atoms. The number of aromatic amines is 1. The molecule has 1 aliphatic heterocycles. The summed E-state index contributed by atoms with van der Waals surface area (Å²) in [6, 6.07) is 8.84. The average molecular weight is 324 g/mol. The van der Waals surface area contributed by atoms with E-state index in [4.69, 9.17) is 10.5 Å². The van der Waals surface area contributed by atoms with E-state index in [0.717, 1.165) is 42.9 Å². The van der Waals surface area contributed by atoms with E-state index < -0.39 is 0 Å². The first-order valence-corrected chi connectivity index (χ1v) is 8.11. The maximum Gasteiger partial charge on any atom is 0.222 e. The van der Waals surface area contributed by atoms with E-state index in [0.29, 0.717) is 11.7 Å². The molecule has 1 aliphatic rings. The minimum atomic E-state index is 0.243. The van der Waals surface area contributed by atoms with Crippen molar-refractivity contribution in [2.45, 2.75) is 13.0 Å². The van der Waals surface area contributed by atoms with E-state index in [2.05, 4.69) is 56.3 Å². The van der Waals surface area contributed by atoms with Gasteiger partial charge >= 0.3 is 0 Å². The first kappa shape index (κ1) is 15.0. The van der Waals surface area contributed by atoms with Crippen LogP contribution in [-0.4, -0.2) is 51.4 Å². The third-order valence-corrected chi connectivity index (χ3v) is 4.59. The minimum Gasteiger partial charge on any atom is -0.379 e. The lowest BCUT2D eigenvalue weighted by atomic mass is 10.0. The van der Waals surface area contributed by atoms with Crippen molar-refractivity contribution in [3.63, 3.8) is 0 Å². The largest absolute Gasteiger partial charge is 0.379 e. The molecule has 4 rings (SSSR count). The van der Waals surface area contributed by atoms with Crippen LogP contribution in [0.3, 0.4) is 0 Å². The molecular weight excluding hydrogens is 304 g/mol. The van der Waals surface area contributed by atoms with E-state index in [1.807, 2.05) is 0 Å². The summed E-state index contributed by atoms with van der Waals surface area (Å²) in [7, 11) is 0.